The van der Waals surface area contributed by atoms with Crippen molar-refractivity contribution in [2.24, 2.45) is 0 Å². The number of hydrogen-bond donors (Lipinski definition) is 1. The third-order valence-electron chi connectivity index (χ3n) is 4.17. The smallest absolute Gasteiger partial charge is 0.0962 e. The fourth-order valence-corrected chi connectivity index (χ4v) is 4.30. The number of aromatic nitrogens is 1. The molecule has 0 unspecified atom stereocenters. The monoisotopic (exact) mass is 294 g/mol. The Balaban J connectivity index is 2.14. The minimum absolute atomic E-state index is 0.537. The SMILES string of the molecule is CC(C)NCc1sc(C2CCCCCC2)nc1C(C)C. The predicted octanol–water partition coefficient (Wildman–Crippen LogP) is 5.20. The van der Waals surface area contributed by atoms with Crippen molar-refractivity contribution >= 4 is 11.3 Å². The molecule has 1 fully saturated rings. The molecule has 1 N–H and O–H groups in total. The Bertz CT molecular complexity index is 401. The largest absolute Gasteiger partial charge is 0.310 e. The molecular formula is C17H30N2S. The number of thiazole rings is 1. The summed E-state index contributed by atoms with van der Waals surface area (Å²) in [6, 6.07) is 0.540. The second-order valence-electron chi connectivity index (χ2n) is 6.74. The fraction of sp³-hybridized carbons (Fsp3) is 0.824. The normalized spacial score (nSPS) is 17.9. The second-order valence-corrected chi connectivity index (χ2v) is 7.85. The summed E-state index contributed by atoms with van der Waals surface area (Å²) in [6.07, 6.45) is 8.31. The zero-order valence-electron chi connectivity index (χ0n) is 13.5. The molecular weight excluding hydrogens is 264 g/mol. The maximum atomic E-state index is 5.03. The first-order valence-electron chi connectivity index (χ1n) is 8.30. The van der Waals surface area contributed by atoms with Crippen molar-refractivity contribution < 1.29 is 0 Å². The Morgan fingerprint density at radius 2 is 1.75 bits per heavy atom. The van der Waals surface area contributed by atoms with E-state index >= 15 is 0 Å². The van der Waals surface area contributed by atoms with Gasteiger partial charge in [-0.2, -0.15) is 0 Å². The Morgan fingerprint density at radius 3 is 2.30 bits per heavy atom. The summed E-state index contributed by atoms with van der Waals surface area (Å²) < 4.78 is 0. The van der Waals surface area contributed by atoms with Gasteiger partial charge in [-0.15, -0.1) is 11.3 Å². The van der Waals surface area contributed by atoms with Crippen molar-refractivity contribution in [3.8, 4) is 0 Å². The summed E-state index contributed by atoms with van der Waals surface area (Å²) in [5, 5.41) is 4.97. The zero-order chi connectivity index (χ0) is 14.5. The molecule has 1 aromatic heterocycles. The summed E-state index contributed by atoms with van der Waals surface area (Å²) in [7, 11) is 0. The molecule has 2 rings (SSSR count). The molecule has 0 bridgehead atoms. The van der Waals surface area contributed by atoms with Crippen LogP contribution in [0.2, 0.25) is 0 Å². The third-order valence-corrected chi connectivity index (χ3v) is 5.40. The average Bonchev–Trinajstić information content (AvgIpc) is 2.63. The quantitative estimate of drug-likeness (QED) is 0.755. The van der Waals surface area contributed by atoms with Crippen LogP contribution in [0.3, 0.4) is 0 Å². The van der Waals surface area contributed by atoms with Gasteiger partial charge < -0.3 is 5.32 Å². The molecule has 0 spiro atoms. The van der Waals surface area contributed by atoms with E-state index in [0.717, 1.165) is 12.5 Å². The second kappa shape index (κ2) is 7.56. The summed E-state index contributed by atoms with van der Waals surface area (Å²) >= 11 is 1.97. The Hall–Kier alpha value is -0.410. The molecule has 1 saturated carbocycles. The molecule has 0 radical (unpaired) electrons. The highest BCUT2D eigenvalue weighted by atomic mass is 32.1. The van der Waals surface area contributed by atoms with Crippen LogP contribution in [0.5, 0.6) is 0 Å². The van der Waals surface area contributed by atoms with Gasteiger partial charge in [-0.25, -0.2) is 4.98 Å². The lowest BCUT2D eigenvalue weighted by Gasteiger charge is -2.09. The van der Waals surface area contributed by atoms with Crippen LogP contribution in [0, 0.1) is 0 Å². The molecule has 1 aliphatic carbocycles. The number of rotatable bonds is 5. The van der Waals surface area contributed by atoms with Crippen molar-refractivity contribution in [2.75, 3.05) is 0 Å². The van der Waals surface area contributed by atoms with E-state index < -0.39 is 0 Å². The molecule has 2 nitrogen and oxygen atoms in total. The van der Waals surface area contributed by atoms with Gasteiger partial charge in [-0.1, -0.05) is 53.4 Å². The van der Waals surface area contributed by atoms with Crippen molar-refractivity contribution in [1.82, 2.24) is 10.3 Å². The van der Waals surface area contributed by atoms with Gasteiger partial charge in [0.05, 0.1) is 10.7 Å². The standard InChI is InChI=1S/C17H30N2S/c1-12(2)16-15(11-18-13(3)4)20-17(19-16)14-9-7-5-6-8-10-14/h12-14,18H,5-11H2,1-4H3. The van der Waals surface area contributed by atoms with Gasteiger partial charge in [0.25, 0.3) is 0 Å². The molecule has 0 aliphatic heterocycles. The van der Waals surface area contributed by atoms with Crippen molar-refractivity contribution in [2.45, 2.75) is 90.6 Å². The van der Waals surface area contributed by atoms with Gasteiger partial charge in [0.2, 0.25) is 0 Å². The van der Waals surface area contributed by atoms with E-state index in [4.69, 9.17) is 4.98 Å². The Morgan fingerprint density at radius 1 is 1.10 bits per heavy atom. The molecule has 3 heteroatoms. The van der Waals surface area contributed by atoms with E-state index in [-0.39, 0.29) is 0 Å². The highest BCUT2D eigenvalue weighted by Gasteiger charge is 2.21. The minimum Gasteiger partial charge on any atom is -0.310 e. The summed E-state index contributed by atoms with van der Waals surface area (Å²) in [5.74, 6) is 1.27. The minimum atomic E-state index is 0.537. The maximum absolute atomic E-state index is 5.03. The third kappa shape index (κ3) is 4.29. The van der Waals surface area contributed by atoms with Crippen LogP contribution < -0.4 is 5.32 Å². The molecule has 0 atom stereocenters. The highest BCUT2D eigenvalue weighted by molar-refractivity contribution is 7.11. The average molecular weight is 295 g/mol. The van der Waals surface area contributed by atoms with Crippen LogP contribution in [0.15, 0.2) is 0 Å². The van der Waals surface area contributed by atoms with Gasteiger partial charge in [-0.3, -0.25) is 0 Å². The molecule has 1 aliphatic rings. The van der Waals surface area contributed by atoms with Crippen molar-refractivity contribution in [3.63, 3.8) is 0 Å². The number of nitrogens with zero attached hydrogens (tertiary/aromatic N) is 1. The molecule has 0 amide bonds. The Labute approximate surface area is 128 Å². The van der Waals surface area contributed by atoms with Crippen LogP contribution in [0.25, 0.3) is 0 Å². The highest BCUT2D eigenvalue weighted by Crippen LogP contribution is 2.36. The first-order valence-corrected chi connectivity index (χ1v) is 9.12. The first kappa shape index (κ1) is 16.0. The van der Waals surface area contributed by atoms with Crippen molar-refractivity contribution in [3.05, 3.63) is 15.6 Å². The van der Waals surface area contributed by atoms with E-state index in [1.54, 1.807) is 0 Å². The van der Waals surface area contributed by atoms with Crippen LogP contribution in [0.4, 0.5) is 0 Å². The van der Waals surface area contributed by atoms with Gasteiger partial charge in [0.15, 0.2) is 0 Å². The van der Waals surface area contributed by atoms with Crippen molar-refractivity contribution in [1.29, 1.82) is 0 Å². The van der Waals surface area contributed by atoms with Gasteiger partial charge >= 0.3 is 0 Å². The molecule has 0 aromatic carbocycles. The lowest BCUT2D eigenvalue weighted by Crippen LogP contribution is -2.22. The molecule has 20 heavy (non-hydrogen) atoms. The summed E-state index contributed by atoms with van der Waals surface area (Å²) in [5.41, 5.74) is 1.34. The summed E-state index contributed by atoms with van der Waals surface area (Å²) in [6.45, 7) is 9.94. The fourth-order valence-electron chi connectivity index (χ4n) is 2.96. The first-order chi connectivity index (χ1) is 9.58. The van der Waals surface area contributed by atoms with E-state index in [1.807, 2.05) is 11.3 Å². The number of nitrogens with one attached hydrogen (secondary N) is 1. The van der Waals surface area contributed by atoms with Gasteiger partial charge in [0, 0.05) is 23.4 Å². The summed E-state index contributed by atoms with van der Waals surface area (Å²) in [4.78, 5) is 6.50. The Kier molecular flexibility index (Phi) is 6.03. The van der Waals surface area contributed by atoms with Crippen LogP contribution in [-0.4, -0.2) is 11.0 Å². The van der Waals surface area contributed by atoms with E-state index in [2.05, 4.69) is 33.0 Å². The van der Waals surface area contributed by atoms with E-state index in [1.165, 1.54) is 54.1 Å². The predicted molar refractivity (Wildman–Crippen MR) is 88.6 cm³/mol. The lowest BCUT2D eigenvalue weighted by atomic mass is 10.0. The maximum Gasteiger partial charge on any atom is 0.0962 e. The van der Waals surface area contributed by atoms with E-state index in [0.29, 0.717) is 12.0 Å². The van der Waals surface area contributed by atoms with Crippen LogP contribution in [-0.2, 0) is 6.54 Å². The van der Waals surface area contributed by atoms with Gasteiger partial charge in [0.1, 0.15) is 0 Å². The topological polar surface area (TPSA) is 24.9 Å². The number of hydrogen-bond acceptors (Lipinski definition) is 3. The lowest BCUT2D eigenvalue weighted by molar-refractivity contribution is 0.582. The molecule has 1 aromatic rings. The van der Waals surface area contributed by atoms with Crippen LogP contribution in [0.1, 0.15) is 93.6 Å². The zero-order valence-corrected chi connectivity index (χ0v) is 14.4. The molecule has 1 heterocycles. The van der Waals surface area contributed by atoms with Gasteiger partial charge in [-0.05, 0) is 18.8 Å². The molecule has 0 saturated heterocycles. The van der Waals surface area contributed by atoms with E-state index in [9.17, 15) is 0 Å². The van der Waals surface area contributed by atoms with Crippen LogP contribution >= 0.6 is 11.3 Å². The molecule has 114 valence electrons.